The lowest BCUT2D eigenvalue weighted by Crippen LogP contribution is -2.19. The van der Waals surface area contributed by atoms with Gasteiger partial charge in [-0.05, 0) is 43.3 Å². The van der Waals surface area contributed by atoms with Gasteiger partial charge in [-0.1, -0.05) is 36.4 Å². The number of benzene rings is 2. The van der Waals surface area contributed by atoms with Crippen molar-refractivity contribution in [3.8, 4) is 0 Å². The summed E-state index contributed by atoms with van der Waals surface area (Å²) >= 11 is 0. The highest BCUT2D eigenvalue weighted by atomic mass is 16.4. The van der Waals surface area contributed by atoms with Crippen molar-refractivity contribution in [1.29, 1.82) is 0 Å². The second kappa shape index (κ2) is 8.64. The number of rotatable bonds is 6. The fourth-order valence-electron chi connectivity index (χ4n) is 2.50. The third-order valence-electron chi connectivity index (χ3n) is 3.90. The molecule has 0 radical (unpaired) electrons. The average Bonchev–Trinajstić information content (AvgIpc) is 2.71. The Labute approximate surface area is 161 Å². The smallest absolute Gasteiger partial charge is 0.360 e. The number of hydrogen-bond donors (Lipinski definition) is 2. The Hall–Kier alpha value is -3.93. The first kappa shape index (κ1) is 18.8. The fourth-order valence-corrected chi connectivity index (χ4v) is 2.50. The molecule has 0 saturated heterocycles. The molecule has 0 bridgehead atoms. The van der Waals surface area contributed by atoms with E-state index in [0.717, 1.165) is 5.69 Å². The van der Waals surface area contributed by atoms with Gasteiger partial charge in [0.15, 0.2) is 5.78 Å². The summed E-state index contributed by atoms with van der Waals surface area (Å²) in [7, 11) is 0. The second-order valence-corrected chi connectivity index (χ2v) is 5.95. The third kappa shape index (κ3) is 4.62. The van der Waals surface area contributed by atoms with Crippen LogP contribution in [0.1, 0.15) is 33.4 Å². The summed E-state index contributed by atoms with van der Waals surface area (Å²) in [4.78, 5) is 36.5. The highest BCUT2D eigenvalue weighted by molar-refractivity contribution is 6.05. The van der Waals surface area contributed by atoms with Crippen LogP contribution in [0.15, 0.2) is 82.1 Å². The maximum absolute atomic E-state index is 12.3. The lowest BCUT2D eigenvalue weighted by molar-refractivity contribution is 0.100. The van der Waals surface area contributed by atoms with E-state index in [2.05, 4.69) is 10.6 Å². The Balaban J connectivity index is 1.85. The molecule has 0 unspecified atom stereocenters. The molecule has 6 nitrogen and oxygen atoms in total. The first-order valence-electron chi connectivity index (χ1n) is 8.58. The van der Waals surface area contributed by atoms with Crippen molar-refractivity contribution < 1.29 is 14.0 Å². The molecule has 28 heavy (non-hydrogen) atoms. The summed E-state index contributed by atoms with van der Waals surface area (Å²) in [6, 6.07) is 19.2. The molecule has 0 atom stereocenters. The summed E-state index contributed by atoms with van der Waals surface area (Å²) < 4.78 is 5.26. The molecule has 1 amide bonds. The first-order valence-corrected chi connectivity index (χ1v) is 8.58. The van der Waals surface area contributed by atoms with Crippen molar-refractivity contribution in [2.24, 2.45) is 0 Å². The van der Waals surface area contributed by atoms with Crippen LogP contribution in [0.2, 0.25) is 0 Å². The average molecular weight is 374 g/mol. The van der Waals surface area contributed by atoms with E-state index in [1.54, 1.807) is 36.5 Å². The van der Waals surface area contributed by atoms with Gasteiger partial charge < -0.3 is 15.1 Å². The van der Waals surface area contributed by atoms with E-state index in [9.17, 15) is 14.4 Å². The second-order valence-electron chi connectivity index (χ2n) is 5.95. The van der Waals surface area contributed by atoms with Gasteiger partial charge in [-0.2, -0.15) is 0 Å². The maximum atomic E-state index is 12.3. The van der Waals surface area contributed by atoms with Crippen LogP contribution in [0, 0.1) is 0 Å². The molecule has 0 aliphatic heterocycles. The number of carbonyl (C=O) groups is 2. The van der Waals surface area contributed by atoms with Crippen LogP contribution in [-0.2, 0) is 0 Å². The Morgan fingerprint density at radius 3 is 2.25 bits per heavy atom. The minimum Gasteiger partial charge on any atom is -0.421 e. The minimum absolute atomic E-state index is 0.0905. The van der Waals surface area contributed by atoms with Gasteiger partial charge in [0.1, 0.15) is 11.4 Å². The molecular formula is C22H18N2O4. The normalized spacial score (nSPS) is 10.6. The molecule has 1 heterocycles. The predicted molar refractivity (Wildman–Crippen MR) is 108 cm³/mol. The van der Waals surface area contributed by atoms with Gasteiger partial charge in [-0.15, -0.1) is 0 Å². The summed E-state index contributed by atoms with van der Waals surface area (Å²) in [5.41, 5.74) is 0.592. The lowest BCUT2D eigenvalue weighted by atomic mass is 10.1. The van der Waals surface area contributed by atoms with Gasteiger partial charge in [0.2, 0.25) is 0 Å². The van der Waals surface area contributed by atoms with E-state index in [4.69, 9.17) is 4.42 Å². The molecule has 2 aromatic carbocycles. The zero-order valence-corrected chi connectivity index (χ0v) is 15.1. The van der Waals surface area contributed by atoms with E-state index >= 15 is 0 Å². The molecule has 140 valence electrons. The number of para-hydroxylation sites is 1. The standard InChI is InChI=1S/C22H18N2O4/c1-15(25)18-14-19(24-21(26)16-8-4-2-5-9-16)22(27)28-20(18)12-13-23-17-10-6-3-7-11-17/h2-14,23H,1H3,(H,24,26)/b13-12+. The highest BCUT2D eigenvalue weighted by Crippen LogP contribution is 2.16. The molecule has 6 heteroatoms. The minimum atomic E-state index is -0.742. The summed E-state index contributed by atoms with van der Waals surface area (Å²) in [6.45, 7) is 1.36. The Kier molecular flexibility index (Phi) is 5.81. The van der Waals surface area contributed by atoms with Gasteiger partial charge in [-0.25, -0.2) is 4.79 Å². The number of ketones is 1. The number of anilines is 2. The Morgan fingerprint density at radius 2 is 1.61 bits per heavy atom. The summed E-state index contributed by atoms with van der Waals surface area (Å²) in [5.74, 6) is -0.645. The van der Waals surface area contributed by atoms with Crippen molar-refractivity contribution in [2.45, 2.75) is 6.92 Å². The molecular weight excluding hydrogens is 356 g/mol. The monoisotopic (exact) mass is 374 g/mol. The number of nitrogens with one attached hydrogen (secondary N) is 2. The van der Waals surface area contributed by atoms with E-state index in [1.165, 1.54) is 19.1 Å². The van der Waals surface area contributed by atoms with Crippen molar-refractivity contribution in [1.82, 2.24) is 0 Å². The first-order chi connectivity index (χ1) is 13.5. The fraction of sp³-hybridized carbons (Fsp3) is 0.0455. The predicted octanol–water partition coefficient (Wildman–Crippen LogP) is 4.18. The van der Waals surface area contributed by atoms with Gasteiger partial charge in [0.25, 0.3) is 5.91 Å². The topological polar surface area (TPSA) is 88.4 Å². The van der Waals surface area contributed by atoms with Crippen LogP contribution in [0.25, 0.3) is 6.08 Å². The van der Waals surface area contributed by atoms with Crippen molar-refractivity contribution >= 4 is 29.1 Å². The van der Waals surface area contributed by atoms with Gasteiger partial charge >= 0.3 is 5.63 Å². The third-order valence-corrected chi connectivity index (χ3v) is 3.90. The molecule has 1 aromatic heterocycles. The SMILES string of the molecule is CC(=O)c1cc(NC(=O)c2ccccc2)c(=O)oc1/C=C/Nc1ccccc1. The molecule has 0 fully saturated rings. The Bertz CT molecular complexity index is 1070. The number of amides is 1. The summed E-state index contributed by atoms with van der Waals surface area (Å²) in [6.07, 6.45) is 3.07. The molecule has 0 spiro atoms. The van der Waals surface area contributed by atoms with Crippen molar-refractivity contribution in [3.05, 3.63) is 100 Å². The molecule has 2 N–H and O–H groups in total. The zero-order valence-electron chi connectivity index (χ0n) is 15.1. The number of carbonyl (C=O) groups excluding carboxylic acids is 2. The van der Waals surface area contributed by atoms with Gasteiger partial charge in [0, 0.05) is 17.5 Å². The van der Waals surface area contributed by atoms with Crippen LogP contribution >= 0.6 is 0 Å². The van der Waals surface area contributed by atoms with Crippen LogP contribution in [0.5, 0.6) is 0 Å². The van der Waals surface area contributed by atoms with E-state index < -0.39 is 11.5 Å². The number of hydrogen-bond acceptors (Lipinski definition) is 5. The molecule has 0 saturated carbocycles. The number of Topliss-reactive ketones (excluding diaryl/α,β-unsaturated/α-hetero) is 1. The van der Waals surface area contributed by atoms with E-state index in [0.29, 0.717) is 5.56 Å². The van der Waals surface area contributed by atoms with Gasteiger partial charge in [-0.3, -0.25) is 9.59 Å². The molecule has 0 aliphatic rings. The molecule has 3 aromatic rings. The van der Waals surface area contributed by atoms with Gasteiger partial charge in [0.05, 0.1) is 5.56 Å². The van der Waals surface area contributed by atoms with Crippen molar-refractivity contribution in [3.63, 3.8) is 0 Å². The van der Waals surface area contributed by atoms with Crippen LogP contribution in [-0.4, -0.2) is 11.7 Å². The molecule has 3 rings (SSSR count). The maximum Gasteiger partial charge on any atom is 0.360 e. The quantitative estimate of drug-likeness (QED) is 0.632. The molecule has 0 aliphatic carbocycles. The van der Waals surface area contributed by atoms with Crippen LogP contribution in [0.4, 0.5) is 11.4 Å². The van der Waals surface area contributed by atoms with E-state index in [1.807, 2.05) is 30.3 Å². The largest absolute Gasteiger partial charge is 0.421 e. The zero-order chi connectivity index (χ0) is 19.9. The Morgan fingerprint density at radius 1 is 0.964 bits per heavy atom. The lowest BCUT2D eigenvalue weighted by Gasteiger charge is -2.07. The van der Waals surface area contributed by atoms with Crippen LogP contribution < -0.4 is 16.3 Å². The highest BCUT2D eigenvalue weighted by Gasteiger charge is 2.15. The van der Waals surface area contributed by atoms with Crippen LogP contribution in [0.3, 0.4) is 0 Å². The van der Waals surface area contributed by atoms with Crippen molar-refractivity contribution in [2.75, 3.05) is 10.6 Å². The summed E-state index contributed by atoms with van der Waals surface area (Å²) in [5, 5.41) is 5.52. The van der Waals surface area contributed by atoms with E-state index in [-0.39, 0.29) is 22.8 Å².